The summed E-state index contributed by atoms with van der Waals surface area (Å²) in [6, 6.07) is 6.12. The molecule has 0 N–H and O–H groups in total. The van der Waals surface area contributed by atoms with Gasteiger partial charge in [-0.3, -0.25) is 9.59 Å². The quantitative estimate of drug-likeness (QED) is 0.647. The molecule has 3 rings (SSSR count). The molecule has 9 nitrogen and oxygen atoms in total. The predicted molar refractivity (Wildman–Crippen MR) is 102 cm³/mol. The fourth-order valence-electron chi connectivity index (χ4n) is 3.39. The fourth-order valence-corrected chi connectivity index (χ4v) is 5.12. The third-order valence-electron chi connectivity index (χ3n) is 4.79. The van der Waals surface area contributed by atoms with Gasteiger partial charge in [0.05, 0.1) is 16.9 Å². The van der Waals surface area contributed by atoms with Gasteiger partial charge in [-0.15, -0.1) is 0 Å². The average molecular weight is 407 g/mol. The van der Waals surface area contributed by atoms with E-state index in [1.165, 1.54) is 11.9 Å². The molecule has 0 spiro atoms. The Labute approximate surface area is 161 Å². The van der Waals surface area contributed by atoms with Gasteiger partial charge >= 0.3 is 5.97 Å². The zero-order valence-electron chi connectivity index (χ0n) is 15.6. The summed E-state index contributed by atoms with van der Waals surface area (Å²) in [6.07, 6.45) is 0.378. The smallest absolute Gasteiger partial charge is 0.359 e. The van der Waals surface area contributed by atoms with E-state index < -0.39 is 34.4 Å². The number of hydrogen-bond donors (Lipinski definition) is 0. The second kappa shape index (κ2) is 7.70. The minimum absolute atomic E-state index is 0.0508. The van der Waals surface area contributed by atoms with E-state index in [4.69, 9.17) is 4.74 Å². The lowest BCUT2D eigenvalue weighted by atomic mass is 10.1. The van der Waals surface area contributed by atoms with Crippen LogP contribution in [0.5, 0.6) is 0 Å². The first-order chi connectivity index (χ1) is 13.2. The number of carbonyl (C=O) groups is 2. The van der Waals surface area contributed by atoms with Crippen LogP contribution in [0.15, 0.2) is 29.1 Å². The average Bonchev–Trinajstić information content (AvgIpc) is 3.02. The molecule has 0 unspecified atom stereocenters. The largest absolute Gasteiger partial charge is 0.451 e. The van der Waals surface area contributed by atoms with Crippen molar-refractivity contribution in [2.24, 2.45) is 7.05 Å². The number of aryl methyl sites for hydroxylation is 1. The fraction of sp³-hybridized carbons (Fsp3) is 0.444. The SMILES string of the molecule is CCN(C(=O)COC(=O)c1nn(C)c(=O)c2ccccc12)[C@H]1CCS(=O)(=O)C1. The van der Waals surface area contributed by atoms with Gasteiger partial charge in [0.25, 0.3) is 11.5 Å². The van der Waals surface area contributed by atoms with Crippen LogP contribution < -0.4 is 5.56 Å². The Bertz CT molecular complexity index is 1090. The van der Waals surface area contributed by atoms with Crippen LogP contribution in [0.25, 0.3) is 10.8 Å². The van der Waals surface area contributed by atoms with Crippen LogP contribution in [0.1, 0.15) is 23.8 Å². The second-order valence-corrected chi connectivity index (χ2v) is 8.86. The standard InChI is InChI=1S/C18H21N3O6S/c1-3-21(12-8-9-28(25,26)11-12)15(22)10-27-18(24)16-13-6-4-5-7-14(13)17(23)20(2)19-16/h4-7,12H,3,8-11H2,1-2H3/t12-/m0/s1. The van der Waals surface area contributed by atoms with Crippen molar-refractivity contribution >= 4 is 32.5 Å². The first-order valence-electron chi connectivity index (χ1n) is 8.86. The molecule has 150 valence electrons. The molecule has 2 heterocycles. The molecule has 10 heteroatoms. The molecule has 1 aromatic heterocycles. The van der Waals surface area contributed by atoms with Crippen molar-refractivity contribution in [1.82, 2.24) is 14.7 Å². The number of carbonyl (C=O) groups excluding carboxylic acids is 2. The number of esters is 1. The number of hydrogen-bond acceptors (Lipinski definition) is 7. The first kappa shape index (κ1) is 20.0. The van der Waals surface area contributed by atoms with Crippen molar-refractivity contribution in [3.8, 4) is 0 Å². The van der Waals surface area contributed by atoms with Gasteiger partial charge in [-0.25, -0.2) is 17.9 Å². The number of sulfone groups is 1. The molecule has 1 saturated heterocycles. The van der Waals surface area contributed by atoms with Gasteiger partial charge in [0, 0.05) is 25.0 Å². The number of likely N-dealkylation sites (N-methyl/N-ethyl adjacent to an activating group) is 1. The molecule has 1 aromatic carbocycles. The minimum atomic E-state index is -3.14. The highest BCUT2D eigenvalue weighted by atomic mass is 32.2. The van der Waals surface area contributed by atoms with E-state index >= 15 is 0 Å². The molecular formula is C18H21N3O6S. The molecule has 0 aliphatic carbocycles. The van der Waals surface area contributed by atoms with Gasteiger partial charge in [0.15, 0.2) is 22.1 Å². The number of rotatable bonds is 5. The summed E-state index contributed by atoms with van der Waals surface area (Å²) in [7, 11) is -1.71. The maximum absolute atomic E-state index is 12.5. The number of fused-ring (bicyclic) bond motifs is 1. The summed E-state index contributed by atoms with van der Waals surface area (Å²) in [5.41, 5.74) is -0.403. The van der Waals surface area contributed by atoms with E-state index in [1.54, 1.807) is 31.2 Å². The maximum atomic E-state index is 12.5. The number of ether oxygens (including phenoxy) is 1. The lowest BCUT2D eigenvalue weighted by Crippen LogP contribution is -2.43. The number of aromatic nitrogens is 2. The Morgan fingerprint density at radius 1 is 1.29 bits per heavy atom. The minimum Gasteiger partial charge on any atom is -0.451 e. The molecule has 0 bridgehead atoms. The number of nitrogens with zero attached hydrogens (tertiary/aromatic N) is 3. The molecular weight excluding hydrogens is 386 g/mol. The first-order valence-corrected chi connectivity index (χ1v) is 10.7. The van der Waals surface area contributed by atoms with Crippen LogP contribution in [0.2, 0.25) is 0 Å². The summed E-state index contributed by atoms with van der Waals surface area (Å²) in [5, 5.41) is 4.63. The van der Waals surface area contributed by atoms with Crippen molar-refractivity contribution in [2.45, 2.75) is 19.4 Å². The van der Waals surface area contributed by atoms with Crippen LogP contribution in [0.4, 0.5) is 0 Å². The summed E-state index contributed by atoms with van der Waals surface area (Å²) >= 11 is 0. The van der Waals surface area contributed by atoms with E-state index in [0.29, 0.717) is 23.7 Å². The maximum Gasteiger partial charge on any atom is 0.359 e. The van der Waals surface area contributed by atoms with Gasteiger partial charge in [-0.1, -0.05) is 18.2 Å². The van der Waals surface area contributed by atoms with E-state index in [2.05, 4.69) is 5.10 Å². The third-order valence-corrected chi connectivity index (χ3v) is 6.54. The van der Waals surface area contributed by atoms with Crippen LogP contribution in [0.3, 0.4) is 0 Å². The summed E-state index contributed by atoms with van der Waals surface area (Å²) in [4.78, 5) is 38.5. The van der Waals surface area contributed by atoms with Crippen LogP contribution in [-0.2, 0) is 26.4 Å². The molecule has 1 aliphatic rings. The lowest BCUT2D eigenvalue weighted by Gasteiger charge is -2.26. The van der Waals surface area contributed by atoms with Gasteiger partial charge in [-0.2, -0.15) is 5.10 Å². The molecule has 0 radical (unpaired) electrons. The number of benzene rings is 1. The topological polar surface area (TPSA) is 116 Å². The van der Waals surface area contributed by atoms with E-state index in [-0.39, 0.29) is 22.8 Å². The molecule has 28 heavy (non-hydrogen) atoms. The predicted octanol–water partition coefficient (Wildman–Crippen LogP) is 0.126. The zero-order chi connectivity index (χ0) is 20.5. The summed E-state index contributed by atoms with van der Waals surface area (Å²) in [5.74, 6) is -1.31. The van der Waals surface area contributed by atoms with E-state index in [1.807, 2.05) is 0 Å². The summed E-state index contributed by atoms with van der Waals surface area (Å²) < 4.78 is 29.5. The molecule has 1 atom stereocenters. The van der Waals surface area contributed by atoms with Gasteiger partial charge in [0.1, 0.15) is 0 Å². The molecule has 0 saturated carbocycles. The summed E-state index contributed by atoms with van der Waals surface area (Å²) in [6.45, 7) is 1.53. The van der Waals surface area contributed by atoms with Gasteiger partial charge in [0.2, 0.25) is 0 Å². The Morgan fingerprint density at radius 3 is 2.57 bits per heavy atom. The molecule has 1 aliphatic heterocycles. The monoisotopic (exact) mass is 407 g/mol. The van der Waals surface area contributed by atoms with Crippen LogP contribution >= 0.6 is 0 Å². The van der Waals surface area contributed by atoms with Gasteiger partial charge < -0.3 is 9.64 Å². The molecule has 1 amide bonds. The lowest BCUT2D eigenvalue weighted by molar-refractivity contribution is -0.136. The van der Waals surface area contributed by atoms with Crippen molar-refractivity contribution in [3.05, 3.63) is 40.3 Å². The van der Waals surface area contributed by atoms with E-state index in [9.17, 15) is 22.8 Å². The highest BCUT2D eigenvalue weighted by molar-refractivity contribution is 7.91. The van der Waals surface area contributed by atoms with Crippen LogP contribution in [-0.4, -0.2) is 65.7 Å². The highest BCUT2D eigenvalue weighted by Crippen LogP contribution is 2.18. The normalized spacial score (nSPS) is 18.1. The van der Waals surface area contributed by atoms with Crippen LogP contribution in [0, 0.1) is 0 Å². The number of amides is 1. The Hall–Kier alpha value is -2.75. The Morgan fingerprint density at radius 2 is 1.96 bits per heavy atom. The van der Waals surface area contributed by atoms with Crippen molar-refractivity contribution in [2.75, 3.05) is 24.7 Å². The highest BCUT2D eigenvalue weighted by Gasteiger charge is 2.34. The second-order valence-electron chi connectivity index (χ2n) is 6.64. The molecule has 1 fully saturated rings. The van der Waals surface area contributed by atoms with Crippen molar-refractivity contribution < 1.29 is 22.7 Å². The van der Waals surface area contributed by atoms with E-state index in [0.717, 1.165) is 4.68 Å². The Balaban J connectivity index is 1.75. The third kappa shape index (κ3) is 3.91. The van der Waals surface area contributed by atoms with Crippen molar-refractivity contribution in [1.29, 1.82) is 0 Å². The Kier molecular flexibility index (Phi) is 5.50. The molecule has 2 aromatic rings. The van der Waals surface area contributed by atoms with Gasteiger partial charge in [-0.05, 0) is 19.4 Å². The zero-order valence-corrected chi connectivity index (χ0v) is 16.4. The van der Waals surface area contributed by atoms with Crippen molar-refractivity contribution in [3.63, 3.8) is 0 Å².